The van der Waals surface area contributed by atoms with Gasteiger partial charge >= 0.3 is 0 Å². The number of nitrogens with one attached hydrogen (secondary N) is 1. The van der Waals surface area contributed by atoms with Crippen molar-refractivity contribution in [3.8, 4) is 0 Å². The molecule has 1 N–H and O–H groups in total. The number of hydrogen-bond donors (Lipinski definition) is 1. The molecule has 0 unspecified atom stereocenters. The fourth-order valence-corrected chi connectivity index (χ4v) is 2.76. The number of para-hydroxylation sites is 1. The molecule has 1 radical (unpaired) electrons. The van der Waals surface area contributed by atoms with Gasteiger partial charge in [-0.15, -0.1) is 0 Å². The van der Waals surface area contributed by atoms with Crippen LogP contribution in [0.3, 0.4) is 0 Å². The first-order valence-corrected chi connectivity index (χ1v) is 7.35. The average molecular weight is 273 g/mol. The van der Waals surface area contributed by atoms with Crippen molar-refractivity contribution in [2.45, 2.75) is 45.1 Å². The summed E-state index contributed by atoms with van der Waals surface area (Å²) in [6, 6.07) is 8.95. The number of carbonyl (C=O) groups is 1. The molecule has 1 aliphatic rings. The summed E-state index contributed by atoms with van der Waals surface area (Å²) in [4.78, 5) is 13.1. The molecule has 3 nitrogen and oxygen atoms in total. The van der Waals surface area contributed by atoms with Gasteiger partial charge in [-0.3, -0.25) is 4.79 Å². The van der Waals surface area contributed by atoms with Gasteiger partial charge in [0.05, 0.1) is 0 Å². The Morgan fingerprint density at radius 1 is 1.25 bits per heavy atom. The van der Waals surface area contributed by atoms with Crippen LogP contribution in [0.5, 0.6) is 0 Å². The fraction of sp³-hybridized carbons (Fsp3) is 0.529. The molecule has 20 heavy (non-hydrogen) atoms. The molecule has 1 aliphatic heterocycles. The van der Waals surface area contributed by atoms with Crippen LogP contribution in [-0.4, -0.2) is 29.9 Å². The van der Waals surface area contributed by atoms with E-state index in [4.69, 9.17) is 0 Å². The van der Waals surface area contributed by atoms with E-state index in [2.05, 4.69) is 57.3 Å². The lowest BCUT2D eigenvalue weighted by Gasteiger charge is -2.33. The van der Waals surface area contributed by atoms with Gasteiger partial charge in [0.1, 0.15) is 0 Å². The number of piperidine rings is 1. The number of hydrogen-bond acceptors (Lipinski definition) is 2. The molecular formula is C17H25N2O. The summed E-state index contributed by atoms with van der Waals surface area (Å²) in [5.74, 6) is -0.0569. The van der Waals surface area contributed by atoms with Crippen LogP contribution in [0, 0.1) is 6.92 Å². The number of benzene rings is 1. The Hall–Kier alpha value is -1.51. The summed E-state index contributed by atoms with van der Waals surface area (Å²) in [6.45, 7) is 11.8. The van der Waals surface area contributed by atoms with Crippen molar-refractivity contribution in [3.63, 3.8) is 0 Å². The molecule has 1 heterocycles. The Balaban J connectivity index is 2.03. The standard InChI is InChI=1S/C17H25N2O/c1-13(20)19-11-9-14(10-12-19)18-16-8-6-5-7-15(16)17(2,3)4/h5-8,14,18H,1,9-12H2,2-4H3. The van der Waals surface area contributed by atoms with Gasteiger partial charge in [-0.2, -0.15) is 0 Å². The lowest BCUT2D eigenvalue weighted by Crippen LogP contribution is -2.41. The molecule has 0 aromatic heterocycles. The number of anilines is 1. The molecule has 1 fully saturated rings. The van der Waals surface area contributed by atoms with Crippen molar-refractivity contribution in [2.24, 2.45) is 0 Å². The predicted molar refractivity (Wildman–Crippen MR) is 83.7 cm³/mol. The minimum atomic E-state index is -0.0569. The third-order valence-corrected chi connectivity index (χ3v) is 3.94. The van der Waals surface area contributed by atoms with Crippen LogP contribution in [0.2, 0.25) is 0 Å². The van der Waals surface area contributed by atoms with Crippen LogP contribution in [0.25, 0.3) is 0 Å². The molecule has 0 saturated carbocycles. The number of rotatable bonds is 2. The SMILES string of the molecule is [CH2]C(=O)N1CCC(Nc2ccccc2C(C)(C)C)CC1. The zero-order chi connectivity index (χ0) is 14.8. The van der Waals surface area contributed by atoms with Crippen molar-refractivity contribution >= 4 is 11.6 Å². The zero-order valence-electron chi connectivity index (χ0n) is 12.8. The van der Waals surface area contributed by atoms with Gasteiger partial charge < -0.3 is 10.2 Å². The van der Waals surface area contributed by atoms with Gasteiger partial charge in [-0.25, -0.2) is 0 Å². The topological polar surface area (TPSA) is 32.3 Å². The molecule has 3 heteroatoms. The third-order valence-electron chi connectivity index (χ3n) is 3.94. The third kappa shape index (κ3) is 3.53. The van der Waals surface area contributed by atoms with Gasteiger partial charge in [-0.1, -0.05) is 39.0 Å². The van der Waals surface area contributed by atoms with Crippen LogP contribution in [-0.2, 0) is 10.2 Å². The number of nitrogens with zero attached hydrogens (tertiary/aromatic N) is 1. The summed E-state index contributed by atoms with van der Waals surface area (Å²) in [6.07, 6.45) is 1.97. The lowest BCUT2D eigenvalue weighted by molar-refractivity contribution is -0.127. The number of amides is 1. The molecule has 1 saturated heterocycles. The highest BCUT2D eigenvalue weighted by molar-refractivity contribution is 5.80. The summed E-state index contributed by atoms with van der Waals surface area (Å²) in [5.41, 5.74) is 2.70. The minimum Gasteiger partial charge on any atom is -0.382 e. The quantitative estimate of drug-likeness (QED) is 0.897. The Kier molecular flexibility index (Phi) is 4.36. The first-order chi connectivity index (χ1) is 9.38. The Morgan fingerprint density at radius 3 is 2.40 bits per heavy atom. The maximum atomic E-state index is 11.2. The fourth-order valence-electron chi connectivity index (χ4n) is 2.76. The van der Waals surface area contributed by atoms with E-state index in [-0.39, 0.29) is 11.3 Å². The van der Waals surface area contributed by atoms with Crippen LogP contribution in [0.1, 0.15) is 39.2 Å². The highest BCUT2D eigenvalue weighted by atomic mass is 16.2. The lowest BCUT2D eigenvalue weighted by atomic mass is 9.85. The van der Waals surface area contributed by atoms with Crippen LogP contribution in [0.15, 0.2) is 24.3 Å². The Morgan fingerprint density at radius 2 is 1.85 bits per heavy atom. The van der Waals surface area contributed by atoms with E-state index >= 15 is 0 Å². The maximum Gasteiger partial charge on any atom is 0.223 e. The van der Waals surface area contributed by atoms with Gasteiger partial charge in [0.25, 0.3) is 0 Å². The van der Waals surface area contributed by atoms with Crippen LogP contribution >= 0.6 is 0 Å². The zero-order valence-corrected chi connectivity index (χ0v) is 12.8. The molecule has 2 rings (SSSR count). The van der Waals surface area contributed by atoms with E-state index in [9.17, 15) is 4.79 Å². The number of likely N-dealkylation sites (tertiary alicyclic amines) is 1. The monoisotopic (exact) mass is 273 g/mol. The van der Waals surface area contributed by atoms with Gasteiger partial charge in [0.15, 0.2) is 0 Å². The van der Waals surface area contributed by atoms with Gasteiger partial charge in [0.2, 0.25) is 5.91 Å². The first kappa shape index (κ1) is 14.9. The highest BCUT2D eigenvalue weighted by Gasteiger charge is 2.23. The molecule has 1 amide bonds. The Bertz CT molecular complexity index is 468. The second-order valence-electron chi connectivity index (χ2n) is 6.59. The van der Waals surface area contributed by atoms with Gasteiger partial charge in [-0.05, 0) is 29.9 Å². The van der Waals surface area contributed by atoms with Crippen molar-refractivity contribution < 1.29 is 4.79 Å². The molecule has 0 spiro atoms. The molecule has 1 aromatic carbocycles. The summed E-state index contributed by atoms with van der Waals surface area (Å²) in [5, 5.41) is 3.66. The molecule has 109 valence electrons. The molecule has 0 atom stereocenters. The van der Waals surface area contributed by atoms with E-state index in [1.54, 1.807) is 0 Å². The molecular weight excluding hydrogens is 248 g/mol. The first-order valence-electron chi connectivity index (χ1n) is 7.35. The second-order valence-corrected chi connectivity index (χ2v) is 6.59. The van der Waals surface area contributed by atoms with Crippen LogP contribution in [0.4, 0.5) is 5.69 Å². The molecule has 1 aromatic rings. The smallest absolute Gasteiger partial charge is 0.223 e. The van der Waals surface area contributed by atoms with E-state index < -0.39 is 0 Å². The molecule has 0 aliphatic carbocycles. The normalized spacial score (nSPS) is 17.1. The van der Waals surface area contributed by atoms with E-state index in [1.807, 2.05) is 4.90 Å². The second kappa shape index (κ2) is 5.86. The summed E-state index contributed by atoms with van der Waals surface area (Å²) < 4.78 is 0. The summed E-state index contributed by atoms with van der Waals surface area (Å²) in [7, 11) is 0. The average Bonchev–Trinajstić information content (AvgIpc) is 2.38. The Labute approximate surface area is 122 Å². The summed E-state index contributed by atoms with van der Waals surface area (Å²) >= 11 is 0. The van der Waals surface area contributed by atoms with Crippen molar-refractivity contribution in [3.05, 3.63) is 36.8 Å². The maximum absolute atomic E-state index is 11.2. The number of carbonyl (C=O) groups excluding carboxylic acids is 1. The van der Waals surface area contributed by atoms with E-state index in [0.717, 1.165) is 25.9 Å². The van der Waals surface area contributed by atoms with Crippen molar-refractivity contribution in [1.82, 2.24) is 4.90 Å². The van der Waals surface area contributed by atoms with Crippen LogP contribution < -0.4 is 5.32 Å². The molecule has 0 bridgehead atoms. The predicted octanol–water partition coefficient (Wildman–Crippen LogP) is 3.22. The van der Waals surface area contributed by atoms with E-state index in [1.165, 1.54) is 11.3 Å². The van der Waals surface area contributed by atoms with Gasteiger partial charge in [0, 0.05) is 31.7 Å². The van der Waals surface area contributed by atoms with E-state index in [0.29, 0.717) is 6.04 Å². The van der Waals surface area contributed by atoms with Crippen molar-refractivity contribution in [1.29, 1.82) is 0 Å². The highest BCUT2D eigenvalue weighted by Crippen LogP contribution is 2.30. The van der Waals surface area contributed by atoms with Crippen molar-refractivity contribution in [2.75, 3.05) is 18.4 Å². The largest absolute Gasteiger partial charge is 0.382 e. The minimum absolute atomic E-state index is 0.0569.